The van der Waals surface area contributed by atoms with Crippen LogP contribution in [0, 0.1) is 0 Å². The third-order valence-electron chi connectivity index (χ3n) is 3.19. The molecule has 7 heteroatoms. The molecule has 3 N–H and O–H groups in total. The normalized spacial score (nSPS) is 12.2. The highest BCUT2D eigenvalue weighted by Gasteiger charge is 2.16. The molecular weight excluding hydrogens is 308 g/mol. The highest BCUT2D eigenvalue weighted by molar-refractivity contribution is 6.15. The van der Waals surface area contributed by atoms with E-state index in [1.54, 1.807) is 43.9 Å². The number of nitrogens with zero attached hydrogens (tertiary/aromatic N) is 3. The first-order chi connectivity index (χ1) is 11.3. The highest BCUT2D eigenvalue weighted by Crippen LogP contribution is 2.20. The number of pyridine rings is 1. The van der Waals surface area contributed by atoms with Gasteiger partial charge in [-0.25, -0.2) is 4.79 Å². The second kappa shape index (κ2) is 7.27. The zero-order valence-electron chi connectivity index (χ0n) is 14.1. The highest BCUT2D eigenvalue weighted by atomic mass is 16.5. The Morgan fingerprint density at radius 2 is 2.17 bits per heavy atom. The van der Waals surface area contributed by atoms with Crippen molar-refractivity contribution in [3.05, 3.63) is 42.5 Å². The van der Waals surface area contributed by atoms with Gasteiger partial charge in [-0.3, -0.25) is 9.67 Å². The van der Waals surface area contributed by atoms with Crippen molar-refractivity contribution in [2.24, 2.45) is 5.73 Å². The first kappa shape index (κ1) is 17.7. The van der Waals surface area contributed by atoms with Crippen LogP contribution in [-0.2, 0) is 16.1 Å². The molecule has 0 aliphatic heterocycles. The van der Waals surface area contributed by atoms with Crippen LogP contribution in [0.2, 0.25) is 0 Å². The molecule has 0 spiro atoms. The molecule has 0 aliphatic carbocycles. The maximum Gasteiger partial charge on any atom is 0.341 e. The molecule has 0 aliphatic rings. The summed E-state index contributed by atoms with van der Waals surface area (Å²) in [6.07, 6.45) is 4.61. The Morgan fingerprint density at radius 3 is 2.71 bits per heavy atom. The number of aliphatic hydroxyl groups is 1. The first-order valence-electron chi connectivity index (χ1n) is 7.65. The summed E-state index contributed by atoms with van der Waals surface area (Å²) in [5.41, 5.74) is 6.85. The van der Waals surface area contributed by atoms with Gasteiger partial charge in [0.2, 0.25) is 0 Å². The van der Waals surface area contributed by atoms with Crippen molar-refractivity contribution in [2.75, 3.05) is 6.61 Å². The Labute approximate surface area is 140 Å². The molecule has 0 saturated heterocycles. The molecule has 24 heavy (non-hydrogen) atoms. The number of carbonyl (C=O) groups excluding carboxylic acids is 1. The molecule has 0 amide bonds. The van der Waals surface area contributed by atoms with Crippen LogP contribution in [0.15, 0.2) is 36.8 Å². The Bertz CT molecular complexity index is 727. The van der Waals surface area contributed by atoms with Gasteiger partial charge < -0.3 is 15.6 Å². The summed E-state index contributed by atoms with van der Waals surface area (Å²) in [6, 6.07) is 5.34. The summed E-state index contributed by atoms with van der Waals surface area (Å²) in [6.45, 7) is 5.84. The lowest BCUT2D eigenvalue weighted by atomic mass is 10.1. The molecule has 0 saturated carbocycles. The average Bonchev–Trinajstić information content (AvgIpc) is 2.95. The zero-order valence-corrected chi connectivity index (χ0v) is 14.1. The smallest absolute Gasteiger partial charge is 0.341 e. The minimum atomic E-state index is -0.841. The third kappa shape index (κ3) is 4.42. The Kier molecular flexibility index (Phi) is 5.35. The molecule has 0 bridgehead atoms. The first-order valence-corrected chi connectivity index (χ1v) is 7.65. The third-order valence-corrected chi connectivity index (χ3v) is 3.19. The maximum absolute atomic E-state index is 11.8. The van der Waals surface area contributed by atoms with Gasteiger partial charge in [-0.2, -0.15) is 5.10 Å². The minimum absolute atomic E-state index is 0.218. The summed E-state index contributed by atoms with van der Waals surface area (Å²) < 4.78 is 6.62. The van der Waals surface area contributed by atoms with Crippen molar-refractivity contribution >= 4 is 11.5 Å². The van der Waals surface area contributed by atoms with Gasteiger partial charge in [0.1, 0.15) is 5.57 Å². The van der Waals surface area contributed by atoms with E-state index in [2.05, 4.69) is 10.1 Å². The Hall–Kier alpha value is -2.67. The van der Waals surface area contributed by atoms with Crippen LogP contribution < -0.4 is 5.73 Å². The molecule has 0 aromatic carbocycles. The van der Waals surface area contributed by atoms with E-state index in [0.29, 0.717) is 12.2 Å². The fourth-order valence-electron chi connectivity index (χ4n) is 2.17. The summed E-state index contributed by atoms with van der Waals surface area (Å²) in [4.78, 5) is 16.1. The van der Waals surface area contributed by atoms with Crippen LogP contribution in [0.25, 0.3) is 16.8 Å². The van der Waals surface area contributed by atoms with E-state index in [1.165, 1.54) is 6.20 Å². The van der Waals surface area contributed by atoms with Crippen LogP contribution in [0.5, 0.6) is 0 Å². The fourth-order valence-corrected chi connectivity index (χ4v) is 2.17. The van der Waals surface area contributed by atoms with E-state index in [-0.39, 0.29) is 12.2 Å². The number of rotatable bonds is 6. The van der Waals surface area contributed by atoms with Crippen LogP contribution in [0.1, 0.15) is 26.5 Å². The van der Waals surface area contributed by atoms with Crippen molar-refractivity contribution in [3.8, 4) is 11.3 Å². The molecular formula is C17H22N4O3. The Balaban J connectivity index is 2.19. The number of hydrogen-bond acceptors (Lipinski definition) is 6. The SMILES string of the molecule is CCOC(=O)/C(=C/N)c1ccc(-c2ccn(CC(C)(C)O)n2)cn1. The van der Waals surface area contributed by atoms with E-state index in [1.807, 2.05) is 12.1 Å². The van der Waals surface area contributed by atoms with E-state index < -0.39 is 11.6 Å². The van der Waals surface area contributed by atoms with Crippen molar-refractivity contribution < 1.29 is 14.6 Å². The van der Waals surface area contributed by atoms with E-state index >= 15 is 0 Å². The van der Waals surface area contributed by atoms with Gasteiger partial charge in [-0.1, -0.05) is 0 Å². The molecule has 2 aromatic rings. The predicted octanol–water partition coefficient (Wildman–Crippen LogP) is 1.58. The quantitative estimate of drug-likeness (QED) is 0.616. The van der Waals surface area contributed by atoms with Crippen molar-refractivity contribution in [1.29, 1.82) is 0 Å². The van der Waals surface area contributed by atoms with Gasteiger partial charge in [0.25, 0.3) is 0 Å². The lowest BCUT2D eigenvalue weighted by molar-refractivity contribution is -0.136. The van der Waals surface area contributed by atoms with Crippen LogP contribution in [0.3, 0.4) is 0 Å². The van der Waals surface area contributed by atoms with Gasteiger partial charge in [-0.15, -0.1) is 0 Å². The molecule has 2 rings (SSSR count). The second-order valence-corrected chi connectivity index (χ2v) is 5.94. The lowest BCUT2D eigenvalue weighted by Gasteiger charge is -2.16. The largest absolute Gasteiger partial charge is 0.462 e. The van der Waals surface area contributed by atoms with Crippen molar-refractivity contribution in [1.82, 2.24) is 14.8 Å². The molecule has 0 atom stereocenters. The van der Waals surface area contributed by atoms with E-state index in [0.717, 1.165) is 11.3 Å². The number of nitrogens with two attached hydrogens (primary N) is 1. The number of ether oxygens (including phenoxy) is 1. The maximum atomic E-state index is 11.8. The van der Waals surface area contributed by atoms with E-state index in [4.69, 9.17) is 10.5 Å². The van der Waals surface area contributed by atoms with Crippen molar-refractivity contribution in [2.45, 2.75) is 32.9 Å². The standard InChI is InChI=1S/C17H22N4O3/c1-4-24-16(22)13(9-18)15-6-5-12(10-19-15)14-7-8-21(20-14)11-17(2,3)23/h5-10,23H,4,11,18H2,1-3H3/b13-9+. The molecule has 2 heterocycles. The second-order valence-electron chi connectivity index (χ2n) is 5.94. The van der Waals surface area contributed by atoms with Crippen LogP contribution in [0.4, 0.5) is 0 Å². The molecule has 0 unspecified atom stereocenters. The van der Waals surface area contributed by atoms with Gasteiger partial charge in [0.15, 0.2) is 0 Å². The predicted molar refractivity (Wildman–Crippen MR) is 90.6 cm³/mol. The monoisotopic (exact) mass is 330 g/mol. The van der Waals surface area contributed by atoms with Gasteiger partial charge >= 0.3 is 5.97 Å². The topological polar surface area (TPSA) is 103 Å². The van der Waals surface area contributed by atoms with Crippen LogP contribution >= 0.6 is 0 Å². The van der Waals surface area contributed by atoms with E-state index in [9.17, 15) is 9.90 Å². The fraction of sp³-hybridized carbons (Fsp3) is 0.353. The van der Waals surface area contributed by atoms with Crippen LogP contribution in [-0.4, -0.2) is 38.0 Å². The lowest BCUT2D eigenvalue weighted by Crippen LogP contribution is -2.26. The Morgan fingerprint density at radius 1 is 1.42 bits per heavy atom. The molecule has 0 radical (unpaired) electrons. The minimum Gasteiger partial charge on any atom is -0.462 e. The van der Waals surface area contributed by atoms with Gasteiger partial charge in [0, 0.05) is 24.2 Å². The van der Waals surface area contributed by atoms with Gasteiger partial charge in [0.05, 0.1) is 30.1 Å². The van der Waals surface area contributed by atoms with Gasteiger partial charge in [-0.05, 0) is 39.0 Å². The number of esters is 1. The molecule has 2 aromatic heterocycles. The summed E-state index contributed by atoms with van der Waals surface area (Å²) in [5, 5.41) is 14.2. The summed E-state index contributed by atoms with van der Waals surface area (Å²) in [5.74, 6) is -0.505. The zero-order chi connectivity index (χ0) is 17.7. The summed E-state index contributed by atoms with van der Waals surface area (Å²) in [7, 11) is 0. The average molecular weight is 330 g/mol. The molecule has 128 valence electrons. The summed E-state index contributed by atoms with van der Waals surface area (Å²) >= 11 is 0. The molecule has 7 nitrogen and oxygen atoms in total. The number of aromatic nitrogens is 3. The molecule has 0 fully saturated rings. The van der Waals surface area contributed by atoms with Crippen molar-refractivity contribution in [3.63, 3.8) is 0 Å². The number of hydrogen-bond donors (Lipinski definition) is 2. The number of carbonyl (C=O) groups is 1.